The Hall–Kier alpha value is -0.880. The Labute approximate surface area is 130 Å². The van der Waals surface area contributed by atoms with Crippen LogP contribution < -0.4 is 11.1 Å². The number of rotatable bonds is 6. The molecule has 1 aromatic heterocycles. The molecular weight excluding hydrogens is 290 g/mol. The third-order valence-electron chi connectivity index (χ3n) is 3.27. The van der Waals surface area contributed by atoms with E-state index in [1.54, 1.807) is 30.8 Å². The minimum absolute atomic E-state index is 0.0338. The van der Waals surface area contributed by atoms with Crippen LogP contribution in [0.2, 0.25) is 0 Å². The fourth-order valence-corrected chi connectivity index (χ4v) is 4.10. The summed E-state index contributed by atoms with van der Waals surface area (Å²) in [5.74, 6) is 0.500. The van der Waals surface area contributed by atoms with Crippen LogP contribution in [-0.4, -0.2) is 37.2 Å². The maximum atomic E-state index is 12.2. The van der Waals surface area contributed by atoms with Gasteiger partial charge in [0.1, 0.15) is 9.88 Å². The molecule has 114 valence electrons. The standard InChI is InChI=1S/C14H25N3OS2/c1-7-9(8(2)3)16-13-11(19-6)10(15)12(20-13)14(18)17(4)5/h8-9,16H,7,15H2,1-6H3. The lowest BCUT2D eigenvalue weighted by atomic mass is 10.0. The Morgan fingerprint density at radius 3 is 2.45 bits per heavy atom. The van der Waals surface area contributed by atoms with Gasteiger partial charge in [-0.3, -0.25) is 4.79 Å². The Kier molecular flexibility index (Phi) is 6.20. The van der Waals surface area contributed by atoms with Crippen molar-refractivity contribution in [2.45, 2.75) is 38.1 Å². The minimum Gasteiger partial charge on any atom is -0.396 e. The lowest BCUT2D eigenvalue weighted by Gasteiger charge is -2.21. The third-order valence-corrected chi connectivity index (χ3v) is 5.35. The van der Waals surface area contributed by atoms with Crippen LogP contribution in [0.3, 0.4) is 0 Å². The Morgan fingerprint density at radius 2 is 2.05 bits per heavy atom. The van der Waals surface area contributed by atoms with Crippen LogP contribution in [0.5, 0.6) is 0 Å². The summed E-state index contributed by atoms with van der Waals surface area (Å²) >= 11 is 3.05. The molecule has 3 N–H and O–H groups in total. The number of amides is 1. The van der Waals surface area contributed by atoms with E-state index in [1.807, 2.05) is 6.26 Å². The molecule has 1 unspecified atom stereocenters. The normalized spacial score (nSPS) is 12.6. The SMILES string of the molecule is CCC(Nc1sc(C(=O)N(C)C)c(N)c1SC)C(C)C. The second-order valence-corrected chi connectivity index (χ2v) is 7.15. The number of carbonyl (C=O) groups excluding carboxylic acids is 1. The zero-order valence-corrected chi connectivity index (χ0v) is 14.7. The van der Waals surface area contributed by atoms with Gasteiger partial charge in [-0.15, -0.1) is 23.1 Å². The molecule has 1 aromatic rings. The molecule has 20 heavy (non-hydrogen) atoms. The maximum Gasteiger partial charge on any atom is 0.265 e. The van der Waals surface area contributed by atoms with Crippen molar-refractivity contribution in [2.75, 3.05) is 31.4 Å². The number of hydrogen-bond acceptors (Lipinski definition) is 5. The maximum absolute atomic E-state index is 12.2. The van der Waals surface area contributed by atoms with Crippen molar-refractivity contribution < 1.29 is 4.79 Å². The predicted molar refractivity (Wildman–Crippen MR) is 91.1 cm³/mol. The van der Waals surface area contributed by atoms with Crippen molar-refractivity contribution in [3.63, 3.8) is 0 Å². The minimum atomic E-state index is -0.0338. The Bertz CT molecular complexity index is 469. The molecule has 0 aliphatic heterocycles. The van der Waals surface area contributed by atoms with E-state index in [0.29, 0.717) is 22.5 Å². The number of nitrogens with two attached hydrogens (primary N) is 1. The van der Waals surface area contributed by atoms with E-state index in [9.17, 15) is 4.79 Å². The summed E-state index contributed by atoms with van der Waals surface area (Å²) in [5.41, 5.74) is 6.75. The first kappa shape index (κ1) is 17.2. The number of thioether (sulfide) groups is 1. The molecule has 4 nitrogen and oxygen atoms in total. The first-order valence-electron chi connectivity index (χ1n) is 6.77. The van der Waals surface area contributed by atoms with Crippen molar-refractivity contribution in [3.05, 3.63) is 4.88 Å². The van der Waals surface area contributed by atoms with Gasteiger partial charge in [0.2, 0.25) is 0 Å². The van der Waals surface area contributed by atoms with Crippen molar-refractivity contribution in [3.8, 4) is 0 Å². The van der Waals surface area contributed by atoms with Gasteiger partial charge in [-0.05, 0) is 18.6 Å². The molecule has 1 amide bonds. The number of hydrogen-bond donors (Lipinski definition) is 2. The average Bonchev–Trinajstić information content (AvgIpc) is 2.70. The van der Waals surface area contributed by atoms with Gasteiger partial charge in [-0.2, -0.15) is 0 Å². The predicted octanol–water partition coefficient (Wildman–Crippen LogP) is 3.60. The van der Waals surface area contributed by atoms with Crippen molar-refractivity contribution in [2.24, 2.45) is 5.92 Å². The highest BCUT2D eigenvalue weighted by Gasteiger charge is 2.23. The summed E-state index contributed by atoms with van der Waals surface area (Å²) in [6.45, 7) is 6.56. The molecule has 0 saturated heterocycles. The van der Waals surface area contributed by atoms with Crippen LogP contribution in [-0.2, 0) is 0 Å². The molecular formula is C14H25N3OS2. The van der Waals surface area contributed by atoms with Crippen LogP contribution in [0.1, 0.15) is 36.9 Å². The van der Waals surface area contributed by atoms with Gasteiger partial charge < -0.3 is 16.0 Å². The second-order valence-electron chi connectivity index (χ2n) is 5.31. The first-order chi connectivity index (χ1) is 9.33. The highest BCUT2D eigenvalue weighted by molar-refractivity contribution is 7.99. The third kappa shape index (κ3) is 3.61. The van der Waals surface area contributed by atoms with Crippen LogP contribution in [0.4, 0.5) is 10.7 Å². The fourth-order valence-electron chi connectivity index (χ4n) is 2.00. The quantitative estimate of drug-likeness (QED) is 0.788. The number of thiophene rings is 1. The number of nitrogen functional groups attached to an aromatic ring is 1. The molecule has 1 rings (SSSR count). The molecule has 1 atom stereocenters. The van der Waals surface area contributed by atoms with E-state index in [2.05, 4.69) is 26.1 Å². The monoisotopic (exact) mass is 315 g/mol. The van der Waals surface area contributed by atoms with E-state index in [0.717, 1.165) is 16.3 Å². The molecule has 0 spiro atoms. The zero-order chi connectivity index (χ0) is 15.4. The number of carbonyl (C=O) groups is 1. The van der Waals surface area contributed by atoms with Gasteiger partial charge in [0, 0.05) is 20.1 Å². The van der Waals surface area contributed by atoms with Crippen LogP contribution in [0.15, 0.2) is 4.90 Å². The van der Waals surface area contributed by atoms with Crippen molar-refractivity contribution in [1.82, 2.24) is 4.90 Å². The average molecular weight is 316 g/mol. The van der Waals surface area contributed by atoms with Crippen LogP contribution >= 0.6 is 23.1 Å². The topological polar surface area (TPSA) is 58.4 Å². The molecule has 0 aromatic carbocycles. The van der Waals surface area contributed by atoms with Gasteiger partial charge in [0.15, 0.2) is 0 Å². The van der Waals surface area contributed by atoms with Crippen molar-refractivity contribution in [1.29, 1.82) is 0 Å². The molecule has 0 aliphatic carbocycles. The summed E-state index contributed by atoms with van der Waals surface area (Å²) in [6.07, 6.45) is 3.03. The summed E-state index contributed by atoms with van der Waals surface area (Å²) < 4.78 is 0. The largest absolute Gasteiger partial charge is 0.396 e. The summed E-state index contributed by atoms with van der Waals surface area (Å²) in [5, 5.41) is 4.56. The summed E-state index contributed by atoms with van der Waals surface area (Å²) in [7, 11) is 3.49. The molecule has 6 heteroatoms. The molecule has 0 radical (unpaired) electrons. The smallest absolute Gasteiger partial charge is 0.265 e. The van der Waals surface area contributed by atoms with Gasteiger partial charge in [0.25, 0.3) is 5.91 Å². The lowest BCUT2D eigenvalue weighted by molar-refractivity contribution is 0.0833. The first-order valence-corrected chi connectivity index (χ1v) is 8.81. The van der Waals surface area contributed by atoms with Gasteiger partial charge in [0.05, 0.1) is 10.6 Å². The van der Waals surface area contributed by atoms with Gasteiger partial charge >= 0.3 is 0 Å². The fraction of sp³-hybridized carbons (Fsp3) is 0.643. The second kappa shape index (κ2) is 7.22. The van der Waals surface area contributed by atoms with E-state index >= 15 is 0 Å². The summed E-state index contributed by atoms with van der Waals surface area (Å²) in [4.78, 5) is 15.3. The zero-order valence-electron chi connectivity index (χ0n) is 13.1. The summed E-state index contributed by atoms with van der Waals surface area (Å²) in [6, 6.07) is 0.390. The van der Waals surface area contributed by atoms with Gasteiger partial charge in [-0.25, -0.2) is 0 Å². The van der Waals surface area contributed by atoms with Crippen molar-refractivity contribution >= 4 is 39.7 Å². The number of nitrogens with one attached hydrogen (secondary N) is 1. The van der Waals surface area contributed by atoms with E-state index in [4.69, 9.17) is 5.73 Å². The van der Waals surface area contributed by atoms with E-state index in [-0.39, 0.29) is 5.91 Å². The molecule has 0 aliphatic rings. The number of nitrogens with zero attached hydrogens (tertiary/aromatic N) is 1. The highest BCUT2D eigenvalue weighted by atomic mass is 32.2. The van der Waals surface area contributed by atoms with Crippen LogP contribution in [0.25, 0.3) is 0 Å². The van der Waals surface area contributed by atoms with E-state index in [1.165, 1.54) is 11.3 Å². The molecule has 0 fully saturated rings. The Balaban J connectivity index is 3.14. The highest BCUT2D eigenvalue weighted by Crippen LogP contribution is 2.42. The number of anilines is 2. The van der Waals surface area contributed by atoms with E-state index < -0.39 is 0 Å². The molecule has 0 saturated carbocycles. The lowest BCUT2D eigenvalue weighted by Crippen LogP contribution is -2.24. The Morgan fingerprint density at radius 1 is 1.45 bits per heavy atom. The van der Waals surface area contributed by atoms with Gasteiger partial charge in [-0.1, -0.05) is 20.8 Å². The van der Waals surface area contributed by atoms with Crippen LogP contribution in [0, 0.1) is 5.92 Å². The molecule has 1 heterocycles. The molecule has 0 bridgehead atoms.